The lowest BCUT2D eigenvalue weighted by Gasteiger charge is -2.13. The molecule has 0 spiro atoms. The first-order chi connectivity index (χ1) is 22.5. The Labute approximate surface area is 276 Å². The molecule has 6 aromatic carbocycles. The average molecular weight is 641 g/mol. The Morgan fingerprint density at radius 2 is 0.913 bits per heavy atom. The Balaban J connectivity index is 1.41. The van der Waals surface area contributed by atoms with Crippen molar-refractivity contribution in [2.24, 2.45) is 0 Å². The number of sulfone groups is 1. The summed E-state index contributed by atoms with van der Waals surface area (Å²) >= 11 is 1.63. The molecule has 0 aliphatic carbocycles. The van der Waals surface area contributed by atoms with E-state index in [0.29, 0.717) is 11.3 Å². The van der Waals surface area contributed by atoms with Gasteiger partial charge in [-0.1, -0.05) is 149 Å². The summed E-state index contributed by atoms with van der Waals surface area (Å²) in [6, 6.07) is 40.1. The van der Waals surface area contributed by atoms with E-state index in [1.807, 2.05) is 6.07 Å². The van der Waals surface area contributed by atoms with Gasteiger partial charge in [-0.2, -0.15) is 0 Å². The summed E-state index contributed by atoms with van der Waals surface area (Å²) in [5.74, 6) is 0.171. The quantitative estimate of drug-likeness (QED) is 0.0983. The Bertz CT molecular complexity index is 2170. The second-order valence-corrected chi connectivity index (χ2v) is 15.6. The van der Waals surface area contributed by atoms with Crippen LogP contribution in [0.1, 0.15) is 58.3 Å². The van der Waals surface area contributed by atoms with Crippen LogP contribution >= 0.6 is 11.3 Å². The topological polar surface area (TPSA) is 34.1 Å². The maximum atomic E-state index is 14.5. The first-order valence-electron chi connectivity index (χ1n) is 16.7. The molecule has 0 aliphatic heterocycles. The largest absolute Gasteiger partial charge is 0.224 e. The van der Waals surface area contributed by atoms with Crippen LogP contribution < -0.4 is 0 Å². The van der Waals surface area contributed by atoms with Crippen LogP contribution in [0.5, 0.6) is 0 Å². The zero-order valence-corrected chi connectivity index (χ0v) is 28.1. The lowest BCUT2D eigenvalue weighted by molar-refractivity contribution is 0.573. The fourth-order valence-electron chi connectivity index (χ4n) is 6.98. The number of rotatable bonds is 12. The number of thiophene rings is 1. The fourth-order valence-corrected chi connectivity index (χ4v) is 10.2. The lowest BCUT2D eigenvalue weighted by atomic mass is 9.95. The summed E-state index contributed by atoms with van der Waals surface area (Å²) < 4.78 is 28.9. The van der Waals surface area contributed by atoms with Gasteiger partial charge in [0, 0.05) is 16.0 Å². The third-order valence-corrected chi connectivity index (χ3v) is 12.4. The number of hydrogen-bond acceptors (Lipinski definition) is 3. The Morgan fingerprint density at radius 3 is 1.39 bits per heavy atom. The first-order valence-corrected chi connectivity index (χ1v) is 19.2. The van der Waals surface area contributed by atoms with Crippen molar-refractivity contribution < 1.29 is 8.42 Å². The third-order valence-electron chi connectivity index (χ3n) is 9.32. The van der Waals surface area contributed by atoms with Crippen molar-refractivity contribution in [1.82, 2.24) is 0 Å². The number of hydrogen-bond donors (Lipinski definition) is 0. The molecule has 0 bridgehead atoms. The molecule has 1 heterocycles. The molecule has 7 aromatic rings. The van der Waals surface area contributed by atoms with Gasteiger partial charge in [-0.25, -0.2) is 8.42 Å². The van der Waals surface area contributed by atoms with Gasteiger partial charge in [-0.05, 0) is 67.7 Å². The summed E-state index contributed by atoms with van der Waals surface area (Å²) in [6.45, 7) is 2.23. The molecule has 0 saturated heterocycles. The highest BCUT2D eigenvalue weighted by Crippen LogP contribution is 2.49. The van der Waals surface area contributed by atoms with E-state index >= 15 is 0 Å². The van der Waals surface area contributed by atoms with Crippen molar-refractivity contribution in [1.29, 1.82) is 0 Å². The summed E-state index contributed by atoms with van der Waals surface area (Å²) in [4.78, 5) is 2.31. The Kier molecular flexibility index (Phi) is 8.93. The molecule has 7 rings (SSSR count). The SMILES string of the molecule is CCCCCCCCCCS(=O)(=O)c1cc(-c2c3ccccc3cc3ccccc23)sc1-c1c2ccccc2cc2ccccc12. The molecule has 0 saturated carbocycles. The first kappa shape index (κ1) is 30.7. The van der Waals surface area contributed by atoms with Crippen molar-refractivity contribution in [2.45, 2.75) is 63.2 Å². The van der Waals surface area contributed by atoms with E-state index in [0.717, 1.165) is 76.8 Å². The molecular weight excluding hydrogens is 601 g/mol. The van der Waals surface area contributed by atoms with Gasteiger partial charge in [-0.3, -0.25) is 0 Å². The predicted molar refractivity (Wildman–Crippen MR) is 200 cm³/mol. The monoisotopic (exact) mass is 640 g/mol. The minimum absolute atomic E-state index is 0.171. The van der Waals surface area contributed by atoms with E-state index in [4.69, 9.17) is 0 Å². The number of unbranched alkanes of at least 4 members (excludes halogenated alkanes) is 7. The van der Waals surface area contributed by atoms with Crippen molar-refractivity contribution >= 4 is 64.3 Å². The highest BCUT2D eigenvalue weighted by atomic mass is 32.2. The summed E-state index contributed by atoms with van der Waals surface area (Å²) in [7, 11) is -3.56. The van der Waals surface area contributed by atoms with Gasteiger partial charge in [-0.15, -0.1) is 11.3 Å². The van der Waals surface area contributed by atoms with Crippen LogP contribution in [0.2, 0.25) is 0 Å². The summed E-state index contributed by atoms with van der Waals surface area (Å²) in [6.07, 6.45) is 8.96. The summed E-state index contributed by atoms with van der Waals surface area (Å²) in [5, 5.41) is 9.01. The molecule has 0 unspecified atom stereocenters. The van der Waals surface area contributed by atoms with Crippen LogP contribution in [0.4, 0.5) is 0 Å². The van der Waals surface area contributed by atoms with E-state index in [9.17, 15) is 8.42 Å². The summed E-state index contributed by atoms with van der Waals surface area (Å²) in [5.41, 5.74) is 2.13. The average Bonchev–Trinajstić information content (AvgIpc) is 3.53. The van der Waals surface area contributed by atoms with Gasteiger partial charge in [0.1, 0.15) is 0 Å². The molecule has 1 aromatic heterocycles. The molecule has 4 heteroatoms. The lowest BCUT2D eigenvalue weighted by Crippen LogP contribution is -2.07. The van der Waals surface area contributed by atoms with Gasteiger partial charge in [0.2, 0.25) is 0 Å². The molecule has 0 atom stereocenters. The molecule has 0 fully saturated rings. The van der Waals surface area contributed by atoms with Crippen LogP contribution in [0.15, 0.2) is 120 Å². The van der Waals surface area contributed by atoms with Gasteiger partial charge >= 0.3 is 0 Å². The molecule has 0 N–H and O–H groups in total. The molecule has 0 aliphatic rings. The van der Waals surface area contributed by atoms with Crippen LogP contribution in [0.3, 0.4) is 0 Å². The van der Waals surface area contributed by atoms with Gasteiger partial charge < -0.3 is 0 Å². The van der Waals surface area contributed by atoms with Crippen LogP contribution in [-0.2, 0) is 9.84 Å². The van der Waals surface area contributed by atoms with Gasteiger partial charge in [0.25, 0.3) is 0 Å². The number of fused-ring (bicyclic) bond motifs is 4. The zero-order valence-electron chi connectivity index (χ0n) is 26.5. The Morgan fingerprint density at radius 1 is 0.500 bits per heavy atom. The predicted octanol–water partition coefficient (Wildman–Crippen LogP) is 12.6. The van der Waals surface area contributed by atoms with E-state index in [-0.39, 0.29) is 5.75 Å². The number of benzene rings is 6. The highest BCUT2D eigenvalue weighted by molar-refractivity contribution is 7.91. The minimum atomic E-state index is -3.56. The van der Waals surface area contributed by atoms with Crippen LogP contribution in [0, 0.1) is 0 Å². The second kappa shape index (κ2) is 13.4. The van der Waals surface area contributed by atoms with E-state index in [2.05, 4.69) is 116 Å². The molecule has 0 radical (unpaired) electrons. The standard InChI is InChI=1S/C42H40O2S2/c1-2-3-4-5-6-7-8-17-26-46(43,44)39-29-38(40-34-22-13-9-18-30(34)27-31-19-10-14-23-35(31)40)45-42(39)41-36-24-15-11-20-32(36)28-33-21-12-16-25-37(33)41/h9-16,18-25,27-29H,2-8,17,26H2,1H3. The normalized spacial score (nSPS) is 12.1. The molecule has 46 heavy (non-hydrogen) atoms. The van der Waals surface area contributed by atoms with Gasteiger partial charge in [0.15, 0.2) is 9.84 Å². The van der Waals surface area contributed by atoms with Gasteiger partial charge in [0.05, 0.1) is 15.5 Å². The van der Waals surface area contributed by atoms with Crippen LogP contribution in [0.25, 0.3) is 64.0 Å². The van der Waals surface area contributed by atoms with E-state index in [1.54, 1.807) is 11.3 Å². The van der Waals surface area contributed by atoms with Crippen LogP contribution in [-0.4, -0.2) is 14.2 Å². The van der Waals surface area contributed by atoms with E-state index < -0.39 is 9.84 Å². The third kappa shape index (κ3) is 5.97. The fraction of sp³-hybridized carbons (Fsp3) is 0.238. The smallest absolute Gasteiger partial charge is 0.179 e. The second-order valence-electron chi connectivity index (χ2n) is 12.5. The maximum Gasteiger partial charge on any atom is 0.179 e. The van der Waals surface area contributed by atoms with Crippen molar-refractivity contribution in [3.8, 4) is 20.9 Å². The van der Waals surface area contributed by atoms with Crippen molar-refractivity contribution in [3.05, 3.63) is 115 Å². The van der Waals surface area contributed by atoms with Crippen molar-refractivity contribution in [3.63, 3.8) is 0 Å². The molecular formula is C42H40O2S2. The highest BCUT2D eigenvalue weighted by Gasteiger charge is 2.27. The zero-order chi connectivity index (χ0) is 31.5. The minimum Gasteiger partial charge on any atom is -0.224 e. The Hall–Kier alpha value is -3.99. The molecule has 2 nitrogen and oxygen atoms in total. The molecule has 232 valence electrons. The van der Waals surface area contributed by atoms with Crippen molar-refractivity contribution in [2.75, 3.05) is 5.75 Å². The molecule has 0 amide bonds. The van der Waals surface area contributed by atoms with E-state index in [1.165, 1.54) is 32.1 Å². The maximum absolute atomic E-state index is 14.5.